The first-order valence-electron chi connectivity index (χ1n) is 5.73. The zero-order valence-corrected chi connectivity index (χ0v) is 10.7. The lowest BCUT2D eigenvalue weighted by molar-refractivity contribution is 0.905. The van der Waals surface area contributed by atoms with Crippen LogP contribution in [0.3, 0.4) is 0 Å². The normalized spacial score (nSPS) is 11.2. The maximum atomic E-state index is 5.39. The fraction of sp³-hybridized carbons (Fsp3) is 0.417. The molecule has 0 spiro atoms. The minimum absolute atomic E-state index is 0.587. The molecule has 4 N–H and O–H groups in total. The van der Waals surface area contributed by atoms with Crippen LogP contribution in [-0.4, -0.2) is 26.6 Å². The highest BCUT2D eigenvalue weighted by atomic mass is 15.3. The minimum Gasteiger partial charge on any atom is -0.378 e. The smallest absolute Gasteiger partial charge is 0.210 e. The Bertz CT molecular complexity index is 356. The molecule has 0 aliphatic rings. The molecule has 5 heteroatoms. The third-order valence-corrected chi connectivity index (χ3v) is 2.28. The van der Waals surface area contributed by atoms with Crippen molar-refractivity contribution in [3.63, 3.8) is 0 Å². The second-order valence-corrected chi connectivity index (χ2v) is 3.94. The predicted octanol–water partition coefficient (Wildman–Crippen LogP) is 1.39. The van der Waals surface area contributed by atoms with Crippen molar-refractivity contribution in [2.24, 2.45) is 10.8 Å². The number of aliphatic imine (C=N–C) groups is 1. The molecule has 0 unspecified atom stereocenters. The third kappa shape index (κ3) is 4.32. The quantitative estimate of drug-likeness (QED) is 0.319. The lowest BCUT2D eigenvalue weighted by Crippen LogP contribution is -2.36. The number of hydrazine groups is 1. The van der Waals surface area contributed by atoms with E-state index >= 15 is 0 Å². The second kappa shape index (κ2) is 6.75. The van der Waals surface area contributed by atoms with E-state index in [1.54, 1.807) is 0 Å². The van der Waals surface area contributed by atoms with Gasteiger partial charge in [0.05, 0.1) is 0 Å². The first-order chi connectivity index (χ1) is 8.17. The van der Waals surface area contributed by atoms with Gasteiger partial charge in [0, 0.05) is 32.0 Å². The van der Waals surface area contributed by atoms with E-state index in [9.17, 15) is 0 Å². The molecule has 1 rings (SSSR count). The number of nitrogens with two attached hydrogens (primary N) is 1. The van der Waals surface area contributed by atoms with Crippen molar-refractivity contribution in [3.05, 3.63) is 24.3 Å². The van der Waals surface area contributed by atoms with Crippen molar-refractivity contribution in [2.45, 2.75) is 13.3 Å². The van der Waals surface area contributed by atoms with Gasteiger partial charge < -0.3 is 10.2 Å². The number of nitrogens with zero attached hydrogens (tertiary/aromatic N) is 2. The average Bonchev–Trinajstić information content (AvgIpc) is 2.35. The number of nitrogens with one attached hydrogen (secondary N) is 2. The molecule has 5 nitrogen and oxygen atoms in total. The highest BCUT2D eigenvalue weighted by molar-refractivity contribution is 5.93. The lowest BCUT2D eigenvalue weighted by atomic mass is 10.2. The van der Waals surface area contributed by atoms with Gasteiger partial charge in [-0.15, -0.1) is 0 Å². The first kappa shape index (κ1) is 13.3. The third-order valence-electron chi connectivity index (χ3n) is 2.28. The topological polar surface area (TPSA) is 65.7 Å². The molecule has 17 heavy (non-hydrogen) atoms. The van der Waals surface area contributed by atoms with Crippen LogP contribution >= 0.6 is 0 Å². The molecule has 0 aliphatic carbocycles. The van der Waals surface area contributed by atoms with E-state index in [4.69, 9.17) is 5.84 Å². The van der Waals surface area contributed by atoms with E-state index in [-0.39, 0.29) is 0 Å². The van der Waals surface area contributed by atoms with Crippen molar-refractivity contribution in [2.75, 3.05) is 30.9 Å². The van der Waals surface area contributed by atoms with Gasteiger partial charge in [-0.05, 0) is 30.7 Å². The van der Waals surface area contributed by atoms with E-state index in [1.165, 1.54) is 0 Å². The fourth-order valence-corrected chi connectivity index (χ4v) is 1.32. The van der Waals surface area contributed by atoms with Crippen LogP contribution in [0.2, 0.25) is 0 Å². The van der Waals surface area contributed by atoms with Crippen molar-refractivity contribution in [1.29, 1.82) is 0 Å². The van der Waals surface area contributed by atoms with Gasteiger partial charge in [-0.3, -0.25) is 10.4 Å². The standard InChI is InChI=1S/C12H21N5/c1-4-9-14-12(16-13)15-10-5-7-11(8-6-10)17(2)3/h5-8H,4,9,13H2,1-3H3,(H2,14,15,16). The molecule has 0 saturated heterocycles. The molecule has 0 aromatic heterocycles. The number of hydrogen-bond donors (Lipinski definition) is 3. The van der Waals surface area contributed by atoms with Crippen molar-refractivity contribution in [1.82, 2.24) is 5.43 Å². The Balaban J connectivity index is 2.67. The van der Waals surface area contributed by atoms with Crippen molar-refractivity contribution < 1.29 is 0 Å². The molecule has 0 heterocycles. The molecular formula is C12H21N5. The van der Waals surface area contributed by atoms with Crippen molar-refractivity contribution >= 4 is 17.3 Å². The minimum atomic E-state index is 0.587. The highest BCUT2D eigenvalue weighted by Gasteiger charge is 1.98. The van der Waals surface area contributed by atoms with Crippen LogP contribution < -0.4 is 21.5 Å². The molecule has 1 aromatic rings. The van der Waals surface area contributed by atoms with Crippen LogP contribution in [0.25, 0.3) is 0 Å². The highest BCUT2D eigenvalue weighted by Crippen LogP contribution is 2.15. The summed E-state index contributed by atoms with van der Waals surface area (Å²) in [4.78, 5) is 6.33. The Labute approximate surface area is 103 Å². The predicted molar refractivity (Wildman–Crippen MR) is 74.3 cm³/mol. The summed E-state index contributed by atoms with van der Waals surface area (Å²) in [5.41, 5.74) is 4.67. The summed E-state index contributed by atoms with van der Waals surface area (Å²) in [5, 5.41) is 3.12. The van der Waals surface area contributed by atoms with Crippen LogP contribution in [0.5, 0.6) is 0 Å². The first-order valence-corrected chi connectivity index (χ1v) is 5.73. The maximum Gasteiger partial charge on any atom is 0.210 e. The van der Waals surface area contributed by atoms with Crippen LogP contribution in [0.15, 0.2) is 29.3 Å². The van der Waals surface area contributed by atoms with Gasteiger partial charge in [0.1, 0.15) is 0 Å². The molecular weight excluding hydrogens is 214 g/mol. The summed E-state index contributed by atoms with van der Waals surface area (Å²) in [6, 6.07) is 8.06. The number of guanidine groups is 1. The summed E-state index contributed by atoms with van der Waals surface area (Å²) in [5.74, 6) is 5.98. The Morgan fingerprint density at radius 1 is 1.29 bits per heavy atom. The monoisotopic (exact) mass is 235 g/mol. The molecule has 0 saturated carbocycles. The number of hydrogen-bond acceptors (Lipinski definition) is 3. The Morgan fingerprint density at radius 2 is 1.94 bits per heavy atom. The second-order valence-electron chi connectivity index (χ2n) is 3.94. The van der Waals surface area contributed by atoms with Gasteiger partial charge in [0.2, 0.25) is 5.96 Å². The fourth-order valence-electron chi connectivity index (χ4n) is 1.32. The van der Waals surface area contributed by atoms with Gasteiger partial charge in [-0.2, -0.15) is 0 Å². The molecule has 0 fully saturated rings. The maximum absolute atomic E-state index is 5.39. The molecule has 0 radical (unpaired) electrons. The molecule has 0 amide bonds. The molecule has 94 valence electrons. The summed E-state index contributed by atoms with van der Waals surface area (Å²) < 4.78 is 0. The van der Waals surface area contributed by atoms with Crippen LogP contribution in [-0.2, 0) is 0 Å². The number of benzene rings is 1. The largest absolute Gasteiger partial charge is 0.378 e. The van der Waals surface area contributed by atoms with E-state index in [2.05, 4.69) is 27.6 Å². The van der Waals surface area contributed by atoms with Crippen LogP contribution in [0, 0.1) is 0 Å². The molecule has 1 aromatic carbocycles. The van der Waals surface area contributed by atoms with E-state index in [0.717, 1.165) is 24.3 Å². The Kier molecular flexibility index (Phi) is 5.29. The van der Waals surface area contributed by atoms with E-state index in [0.29, 0.717) is 5.96 Å². The van der Waals surface area contributed by atoms with Crippen LogP contribution in [0.4, 0.5) is 11.4 Å². The Hall–Kier alpha value is -1.75. The zero-order chi connectivity index (χ0) is 12.7. The average molecular weight is 235 g/mol. The molecule has 0 bridgehead atoms. The van der Waals surface area contributed by atoms with Gasteiger partial charge in [-0.25, -0.2) is 5.84 Å². The Morgan fingerprint density at radius 3 is 2.41 bits per heavy atom. The molecule has 0 atom stereocenters. The summed E-state index contributed by atoms with van der Waals surface area (Å²) >= 11 is 0. The van der Waals surface area contributed by atoms with Gasteiger partial charge in [0.15, 0.2) is 0 Å². The van der Waals surface area contributed by atoms with Crippen molar-refractivity contribution in [3.8, 4) is 0 Å². The van der Waals surface area contributed by atoms with Crippen LogP contribution in [0.1, 0.15) is 13.3 Å². The zero-order valence-electron chi connectivity index (χ0n) is 10.7. The summed E-state index contributed by atoms with van der Waals surface area (Å²) in [6.45, 7) is 2.83. The number of rotatable bonds is 4. The van der Waals surface area contributed by atoms with E-state index < -0.39 is 0 Å². The van der Waals surface area contributed by atoms with Gasteiger partial charge in [0.25, 0.3) is 0 Å². The molecule has 0 aliphatic heterocycles. The van der Waals surface area contributed by atoms with Gasteiger partial charge >= 0.3 is 0 Å². The van der Waals surface area contributed by atoms with E-state index in [1.807, 2.05) is 38.4 Å². The summed E-state index contributed by atoms with van der Waals surface area (Å²) in [7, 11) is 4.02. The number of anilines is 2. The lowest BCUT2D eigenvalue weighted by Gasteiger charge is -2.14. The summed E-state index contributed by atoms with van der Waals surface area (Å²) in [6.07, 6.45) is 0.992. The SMILES string of the molecule is CCCN=C(NN)Nc1ccc(N(C)C)cc1. The van der Waals surface area contributed by atoms with Gasteiger partial charge in [-0.1, -0.05) is 6.92 Å².